The maximum Gasteiger partial charge on any atom is 0.0661 e. The second-order valence-electron chi connectivity index (χ2n) is 6.46. The van der Waals surface area contributed by atoms with E-state index in [0.29, 0.717) is 5.92 Å². The number of allylic oxidation sites excluding steroid dienone is 2. The number of rotatable bonds is 6. The van der Waals surface area contributed by atoms with Crippen LogP contribution in [0.4, 0.5) is 0 Å². The summed E-state index contributed by atoms with van der Waals surface area (Å²) < 4.78 is 6.47. The van der Waals surface area contributed by atoms with Crippen LogP contribution >= 0.6 is 21.9 Å². The molecule has 0 saturated carbocycles. The van der Waals surface area contributed by atoms with Gasteiger partial charge in [-0.1, -0.05) is 51.4 Å². The molecule has 1 atom stereocenters. The van der Waals surface area contributed by atoms with Crippen molar-refractivity contribution in [3.05, 3.63) is 22.8 Å². The van der Waals surface area contributed by atoms with E-state index in [1.165, 1.54) is 0 Å². The molecule has 0 heterocycles. The highest BCUT2D eigenvalue weighted by Gasteiger charge is 2.30. The van der Waals surface area contributed by atoms with E-state index >= 15 is 0 Å². The van der Waals surface area contributed by atoms with Gasteiger partial charge in [-0.25, -0.2) is 0 Å². The third-order valence-electron chi connectivity index (χ3n) is 3.77. The van der Waals surface area contributed by atoms with Gasteiger partial charge in [0, 0.05) is 15.7 Å². The Morgan fingerprint density at radius 1 is 1.26 bits per heavy atom. The van der Waals surface area contributed by atoms with Crippen LogP contribution in [0.3, 0.4) is 0 Å². The molecular weight excluding hydrogens is 276 g/mol. The Balaban J connectivity index is 4.96. The molecule has 0 aliphatic carbocycles. The van der Waals surface area contributed by atoms with E-state index in [-0.39, 0.29) is 4.75 Å². The molecule has 0 aromatic heterocycles. The van der Waals surface area contributed by atoms with Gasteiger partial charge in [0.2, 0.25) is 0 Å². The van der Waals surface area contributed by atoms with E-state index in [9.17, 15) is 0 Å². The molecule has 1 unspecified atom stereocenters. The van der Waals surface area contributed by atoms with Gasteiger partial charge in [0.1, 0.15) is 0 Å². The number of hydrogen-bond acceptors (Lipinski definition) is 1. The SMILES string of the molecule is C=C(C)/C(=C(\C)Cl)C(CC)COS(C)(C)C(C)(C)C. The predicted molar refractivity (Wildman–Crippen MR) is 92.3 cm³/mol. The molecule has 0 aliphatic heterocycles. The lowest BCUT2D eigenvalue weighted by atomic mass is 9.92. The molecule has 1 nitrogen and oxygen atoms in total. The van der Waals surface area contributed by atoms with Crippen molar-refractivity contribution in [2.45, 2.75) is 52.7 Å². The van der Waals surface area contributed by atoms with Crippen LogP contribution in [0.2, 0.25) is 0 Å². The minimum atomic E-state index is -1.08. The Morgan fingerprint density at radius 3 is 2.00 bits per heavy atom. The normalized spacial score (nSPS) is 16.9. The van der Waals surface area contributed by atoms with E-state index in [0.717, 1.165) is 29.2 Å². The molecule has 0 aliphatic rings. The van der Waals surface area contributed by atoms with Crippen LogP contribution in [-0.4, -0.2) is 23.9 Å². The lowest BCUT2D eigenvalue weighted by Gasteiger charge is -2.44. The zero-order chi connectivity index (χ0) is 15.4. The van der Waals surface area contributed by atoms with Gasteiger partial charge >= 0.3 is 0 Å². The van der Waals surface area contributed by atoms with Crippen molar-refractivity contribution in [3.8, 4) is 0 Å². The average molecular weight is 307 g/mol. The van der Waals surface area contributed by atoms with Gasteiger partial charge in [0.25, 0.3) is 0 Å². The molecule has 114 valence electrons. The summed E-state index contributed by atoms with van der Waals surface area (Å²) in [6.45, 7) is 17.6. The van der Waals surface area contributed by atoms with Gasteiger partial charge < -0.3 is 4.18 Å². The molecule has 0 bridgehead atoms. The summed E-state index contributed by atoms with van der Waals surface area (Å²) in [6.07, 6.45) is 5.49. The van der Waals surface area contributed by atoms with Crippen LogP contribution in [0.25, 0.3) is 0 Å². The second-order valence-corrected chi connectivity index (χ2v) is 11.0. The zero-order valence-electron chi connectivity index (χ0n) is 13.9. The Hall–Kier alpha value is 0.0800. The summed E-state index contributed by atoms with van der Waals surface area (Å²) in [4.78, 5) is 0. The Morgan fingerprint density at radius 2 is 1.74 bits per heavy atom. The van der Waals surface area contributed by atoms with E-state index in [1.807, 2.05) is 13.8 Å². The second kappa shape index (κ2) is 7.19. The standard InChI is InChI=1S/C16H31ClOS/c1-10-14(15(12(2)3)13(4)17)11-18-19(8,9)16(5,6)7/h14H,2,10-11H2,1,3-9H3/b15-13-. The molecule has 0 fully saturated rings. The first-order chi connectivity index (χ1) is 8.44. The topological polar surface area (TPSA) is 9.23 Å². The molecule has 0 saturated heterocycles. The fourth-order valence-electron chi connectivity index (χ4n) is 1.76. The zero-order valence-corrected chi connectivity index (χ0v) is 15.5. The maximum atomic E-state index is 6.28. The number of hydrogen-bond donors (Lipinski definition) is 0. The molecule has 0 spiro atoms. The number of halogens is 1. The lowest BCUT2D eigenvalue weighted by Crippen LogP contribution is -2.27. The monoisotopic (exact) mass is 306 g/mol. The van der Waals surface area contributed by atoms with Crippen LogP contribution in [0.5, 0.6) is 0 Å². The van der Waals surface area contributed by atoms with Gasteiger partial charge in [-0.05, 0) is 38.4 Å². The van der Waals surface area contributed by atoms with Crippen molar-refractivity contribution in [1.29, 1.82) is 0 Å². The summed E-state index contributed by atoms with van der Waals surface area (Å²) in [5.74, 6) is 0.337. The van der Waals surface area contributed by atoms with Crippen LogP contribution in [0.15, 0.2) is 22.8 Å². The van der Waals surface area contributed by atoms with Crippen LogP contribution < -0.4 is 0 Å². The molecular formula is C16H31ClOS. The van der Waals surface area contributed by atoms with Crippen LogP contribution in [0, 0.1) is 5.92 Å². The fourth-order valence-corrected chi connectivity index (χ4v) is 2.93. The molecule has 0 amide bonds. The van der Waals surface area contributed by atoms with Crippen molar-refractivity contribution >= 4 is 21.9 Å². The largest absolute Gasteiger partial charge is 0.336 e. The van der Waals surface area contributed by atoms with Crippen molar-refractivity contribution in [2.24, 2.45) is 5.92 Å². The van der Waals surface area contributed by atoms with Crippen molar-refractivity contribution < 1.29 is 4.18 Å². The van der Waals surface area contributed by atoms with Crippen molar-refractivity contribution in [2.75, 3.05) is 19.1 Å². The van der Waals surface area contributed by atoms with Crippen LogP contribution in [-0.2, 0) is 4.18 Å². The van der Waals surface area contributed by atoms with Crippen LogP contribution in [0.1, 0.15) is 48.0 Å². The highest BCUT2D eigenvalue weighted by atomic mass is 35.5. The van der Waals surface area contributed by atoms with E-state index in [1.54, 1.807) is 0 Å². The van der Waals surface area contributed by atoms with E-state index < -0.39 is 10.3 Å². The average Bonchev–Trinajstić information content (AvgIpc) is 2.20. The first-order valence-electron chi connectivity index (χ1n) is 6.83. The Bertz CT molecular complexity index is 346. The summed E-state index contributed by atoms with van der Waals surface area (Å²) in [5, 5.41) is 0.839. The van der Waals surface area contributed by atoms with Gasteiger partial charge in [0.15, 0.2) is 0 Å². The van der Waals surface area contributed by atoms with Gasteiger partial charge in [-0.2, -0.15) is 0 Å². The molecule has 0 aromatic carbocycles. The quantitative estimate of drug-likeness (QED) is 0.555. The minimum Gasteiger partial charge on any atom is -0.336 e. The predicted octanol–water partition coefficient (Wildman–Crippen LogP) is 5.90. The fraction of sp³-hybridized carbons (Fsp3) is 0.750. The first-order valence-corrected chi connectivity index (χ1v) is 9.58. The third kappa shape index (κ3) is 5.53. The molecule has 0 N–H and O–H groups in total. The van der Waals surface area contributed by atoms with Gasteiger partial charge in [-0.15, -0.1) is 10.3 Å². The van der Waals surface area contributed by atoms with Gasteiger partial charge in [-0.3, -0.25) is 0 Å². The molecule has 3 heteroatoms. The molecule has 0 aromatic rings. The molecule has 0 rings (SSSR count). The lowest BCUT2D eigenvalue weighted by molar-refractivity contribution is 0.291. The highest BCUT2D eigenvalue weighted by Crippen LogP contribution is 2.54. The summed E-state index contributed by atoms with van der Waals surface area (Å²) in [6, 6.07) is 0. The first kappa shape index (κ1) is 19.1. The smallest absolute Gasteiger partial charge is 0.0661 e. The van der Waals surface area contributed by atoms with Crippen molar-refractivity contribution in [3.63, 3.8) is 0 Å². The maximum absolute atomic E-state index is 6.28. The third-order valence-corrected chi connectivity index (χ3v) is 7.65. The van der Waals surface area contributed by atoms with E-state index in [2.05, 4.69) is 46.8 Å². The molecule has 0 radical (unpaired) electrons. The summed E-state index contributed by atoms with van der Waals surface area (Å²) in [7, 11) is -1.08. The van der Waals surface area contributed by atoms with E-state index in [4.69, 9.17) is 15.8 Å². The van der Waals surface area contributed by atoms with Crippen molar-refractivity contribution in [1.82, 2.24) is 0 Å². The Kier molecular flexibility index (Phi) is 7.22. The summed E-state index contributed by atoms with van der Waals surface area (Å²) >= 11 is 6.22. The highest BCUT2D eigenvalue weighted by molar-refractivity contribution is 8.29. The Labute approximate surface area is 127 Å². The molecule has 19 heavy (non-hydrogen) atoms. The summed E-state index contributed by atoms with van der Waals surface area (Å²) in [5.41, 5.74) is 2.21. The minimum absolute atomic E-state index is 0.189. The van der Waals surface area contributed by atoms with Gasteiger partial charge in [0.05, 0.1) is 6.61 Å².